The first-order valence-electron chi connectivity index (χ1n) is 6.31. The van der Waals surface area contributed by atoms with E-state index >= 15 is 0 Å². The van der Waals surface area contributed by atoms with E-state index in [1.165, 1.54) is 0 Å². The number of hydrogen-bond acceptors (Lipinski definition) is 4. The van der Waals surface area contributed by atoms with Crippen LogP contribution in [0.5, 0.6) is 0 Å². The Balaban J connectivity index is 2.19. The lowest BCUT2D eigenvalue weighted by Gasteiger charge is -2.36. The van der Waals surface area contributed by atoms with Gasteiger partial charge in [0.05, 0.1) is 12.7 Å². The molecule has 100 valence electrons. The molecule has 1 aliphatic rings. The maximum absolute atomic E-state index is 10.9. The summed E-state index contributed by atoms with van der Waals surface area (Å²) in [6, 6.07) is -0.371. The molecule has 1 unspecified atom stereocenters. The molecule has 0 aromatic rings. The summed E-state index contributed by atoms with van der Waals surface area (Å²) >= 11 is 0. The van der Waals surface area contributed by atoms with E-state index in [0.717, 1.165) is 39.3 Å². The third-order valence-electron chi connectivity index (χ3n) is 3.17. The van der Waals surface area contributed by atoms with Gasteiger partial charge in [-0.15, -0.1) is 0 Å². The van der Waals surface area contributed by atoms with Crippen molar-refractivity contribution >= 4 is 5.97 Å². The van der Waals surface area contributed by atoms with Gasteiger partial charge in [-0.1, -0.05) is 0 Å². The largest absolute Gasteiger partial charge is 0.480 e. The van der Waals surface area contributed by atoms with Crippen LogP contribution in [-0.4, -0.2) is 72.4 Å². The van der Waals surface area contributed by atoms with Crippen LogP contribution in [0.2, 0.25) is 0 Å². The Bertz CT molecular complexity index is 238. The van der Waals surface area contributed by atoms with E-state index in [1.54, 1.807) is 6.92 Å². The van der Waals surface area contributed by atoms with Crippen molar-refractivity contribution in [1.29, 1.82) is 0 Å². The van der Waals surface area contributed by atoms with Gasteiger partial charge >= 0.3 is 5.97 Å². The first-order valence-corrected chi connectivity index (χ1v) is 6.31. The van der Waals surface area contributed by atoms with Gasteiger partial charge in [-0.05, 0) is 20.8 Å². The number of carbonyl (C=O) groups is 1. The van der Waals surface area contributed by atoms with E-state index in [2.05, 4.69) is 4.90 Å². The van der Waals surface area contributed by atoms with E-state index in [4.69, 9.17) is 9.84 Å². The molecule has 1 aliphatic heterocycles. The Hall–Kier alpha value is -0.650. The standard InChI is InChI=1S/C12H24N2O3/c1-10(2)17-9-8-13-4-6-14(7-5-13)11(3)12(15)16/h10-11H,4-9H2,1-3H3,(H,15,16). The molecule has 1 heterocycles. The number of carboxylic acid groups (broad SMARTS) is 1. The Kier molecular flexibility index (Phi) is 5.88. The Morgan fingerprint density at radius 3 is 2.29 bits per heavy atom. The van der Waals surface area contributed by atoms with Crippen LogP contribution in [0.1, 0.15) is 20.8 Å². The smallest absolute Gasteiger partial charge is 0.320 e. The summed E-state index contributed by atoms with van der Waals surface area (Å²) in [6.07, 6.45) is 0.281. The van der Waals surface area contributed by atoms with Crippen molar-refractivity contribution in [2.24, 2.45) is 0 Å². The van der Waals surface area contributed by atoms with Crippen molar-refractivity contribution in [3.63, 3.8) is 0 Å². The number of nitrogens with zero attached hydrogens (tertiary/aromatic N) is 2. The number of rotatable bonds is 6. The van der Waals surface area contributed by atoms with Crippen LogP contribution in [0.4, 0.5) is 0 Å². The molecule has 0 aromatic carbocycles. The number of carboxylic acids is 1. The van der Waals surface area contributed by atoms with Crippen molar-refractivity contribution in [1.82, 2.24) is 9.80 Å². The van der Waals surface area contributed by atoms with Gasteiger partial charge in [0, 0.05) is 32.7 Å². The minimum Gasteiger partial charge on any atom is -0.480 e. The first kappa shape index (κ1) is 14.4. The molecular weight excluding hydrogens is 220 g/mol. The van der Waals surface area contributed by atoms with E-state index in [9.17, 15) is 4.79 Å². The molecular formula is C12H24N2O3. The summed E-state index contributed by atoms with van der Waals surface area (Å²) in [5.74, 6) is -0.735. The van der Waals surface area contributed by atoms with Gasteiger partial charge < -0.3 is 9.84 Å². The second-order valence-electron chi connectivity index (χ2n) is 4.81. The maximum Gasteiger partial charge on any atom is 0.320 e. The third kappa shape index (κ3) is 5.02. The summed E-state index contributed by atoms with van der Waals surface area (Å²) < 4.78 is 5.51. The Labute approximate surface area is 103 Å². The molecule has 1 N–H and O–H groups in total. The highest BCUT2D eigenvalue weighted by Crippen LogP contribution is 2.06. The molecule has 0 aliphatic carbocycles. The first-order chi connectivity index (χ1) is 8.00. The number of piperazine rings is 1. The van der Waals surface area contributed by atoms with Gasteiger partial charge in [-0.2, -0.15) is 0 Å². The lowest BCUT2D eigenvalue weighted by atomic mass is 10.2. The van der Waals surface area contributed by atoms with Crippen LogP contribution >= 0.6 is 0 Å². The summed E-state index contributed by atoms with van der Waals surface area (Å²) in [6.45, 7) is 11.0. The topological polar surface area (TPSA) is 53.0 Å². The molecule has 0 amide bonds. The van der Waals surface area contributed by atoms with Crippen molar-refractivity contribution in [3.05, 3.63) is 0 Å². The molecule has 0 saturated carbocycles. The number of aliphatic carboxylic acids is 1. The third-order valence-corrected chi connectivity index (χ3v) is 3.17. The van der Waals surface area contributed by atoms with Crippen LogP contribution in [0, 0.1) is 0 Å². The van der Waals surface area contributed by atoms with Gasteiger partial charge in [-0.25, -0.2) is 0 Å². The minimum absolute atomic E-state index is 0.281. The van der Waals surface area contributed by atoms with Crippen molar-refractivity contribution in [2.75, 3.05) is 39.3 Å². The molecule has 17 heavy (non-hydrogen) atoms. The summed E-state index contributed by atoms with van der Waals surface area (Å²) in [5.41, 5.74) is 0. The average Bonchev–Trinajstić information content (AvgIpc) is 2.28. The molecule has 1 fully saturated rings. The zero-order valence-electron chi connectivity index (χ0n) is 11.1. The Morgan fingerprint density at radius 2 is 1.82 bits per heavy atom. The van der Waals surface area contributed by atoms with Crippen LogP contribution in [0.15, 0.2) is 0 Å². The van der Waals surface area contributed by atoms with E-state index in [0.29, 0.717) is 0 Å². The predicted molar refractivity (Wildman–Crippen MR) is 66.2 cm³/mol. The summed E-state index contributed by atoms with van der Waals surface area (Å²) in [7, 11) is 0. The minimum atomic E-state index is -0.735. The maximum atomic E-state index is 10.9. The van der Waals surface area contributed by atoms with Crippen LogP contribution in [0.3, 0.4) is 0 Å². The quantitative estimate of drug-likeness (QED) is 0.737. The summed E-state index contributed by atoms with van der Waals surface area (Å²) in [4.78, 5) is 15.2. The molecule has 5 nitrogen and oxygen atoms in total. The number of hydrogen-bond donors (Lipinski definition) is 1. The molecule has 5 heteroatoms. The molecule has 1 rings (SSSR count). The second kappa shape index (κ2) is 6.93. The lowest BCUT2D eigenvalue weighted by Crippen LogP contribution is -2.52. The van der Waals surface area contributed by atoms with Crippen LogP contribution in [-0.2, 0) is 9.53 Å². The van der Waals surface area contributed by atoms with Gasteiger partial charge in [0.1, 0.15) is 6.04 Å². The highest BCUT2D eigenvalue weighted by Gasteiger charge is 2.24. The van der Waals surface area contributed by atoms with Crippen molar-refractivity contribution in [3.8, 4) is 0 Å². The molecule has 1 atom stereocenters. The predicted octanol–water partition coefficient (Wildman–Crippen LogP) is 0.502. The summed E-state index contributed by atoms with van der Waals surface area (Å²) in [5, 5.41) is 8.93. The molecule has 1 saturated heterocycles. The number of ether oxygens (including phenoxy) is 1. The molecule has 0 bridgehead atoms. The normalized spacial score (nSPS) is 20.7. The fraction of sp³-hybridized carbons (Fsp3) is 0.917. The molecule has 0 spiro atoms. The van der Waals surface area contributed by atoms with E-state index in [-0.39, 0.29) is 12.1 Å². The van der Waals surface area contributed by atoms with Gasteiger partial charge in [-0.3, -0.25) is 14.6 Å². The fourth-order valence-electron chi connectivity index (χ4n) is 1.95. The average molecular weight is 244 g/mol. The zero-order chi connectivity index (χ0) is 12.8. The van der Waals surface area contributed by atoms with Gasteiger partial charge in [0.2, 0.25) is 0 Å². The van der Waals surface area contributed by atoms with Crippen LogP contribution in [0.25, 0.3) is 0 Å². The van der Waals surface area contributed by atoms with Gasteiger partial charge in [0.25, 0.3) is 0 Å². The highest BCUT2D eigenvalue weighted by atomic mass is 16.5. The zero-order valence-corrected chi connectivity index (χ0v) is 11.1. The lowest BCUT2D eigenvalue weighted by molar-refractivity contribution is -0.143. The van der Waals surface area contributed by atoms with E-state index in [1.807, 2.05) is 18.7 Å². The van der Waals surface area contributed by atoms with E-state index < -0.39 is 5.97 Å². The highest BCUT2D eigenvalue weighted by molar-refractivity contribution is 5.72. The Morgan fingerprint density at radius 1 is 1.24 bits per heavy atom. The molecule has 0 aromatic heterocycles. The van der Waals surface area contributed by atoms with Gasteiger partial charge in [0.15, 0.2) is 0 Å². The van der Waals surface area contributed by atoms with Crippen molar-refractivity contribution in [2.45, 2.75) is 32.9 Å². The fourth-order valence-corrected chi connectivity index (χ4v) is 1.95. The molecule has 0 radical (unpaired) electrons. The SMILES string of the molecule is CC(C)OCCN1CCN(C(C)C(=O)O)CC1. The second-order valence-corrected chi connectivity index (χ2v) is 4.81. The van der Waals surface area contributed by atoms with Crippen molar-refractivity contribution < 1.29 is 14.6 Å². The monoisotopic (exact) mass is 244 g/mol. The van der Waals surface area contributed by atoms with Crippen LogP contribution < -0.4 is 0 Å².